The van der Waals surface area contributed by atoms with Crippen molar-refractivity contribution in [1.82, 2.24) is 14.9 Å². The fraction of sp³-hybridized carbons (Fsp3) is 0.500. The van der Waals surface area contributed by atoms with Gasteiger partial charge in [0, 0.05) is 56.6 Å². The number of hydrogen-bond donors (Lipinski definition) is 0. The molecule has 3 heterocycles. The molecule has 0 spiro atoms. The normalized spacial score (nSPS) is 17.4. The van der Waals surface area contributed by atoms with E-state index in [0.29, 0.717) is 24.4 Å². The Balaban J connectivity index is 1.42. The van der Waals surface area contributed by atoms with Crippen LogP contribution in [0.2, 0.25) is 0 Å². The first-order valence-electron chi connectivity index (χ1n) is 10.4. The molecule has 0 saturated carbocycles. The second kappa shape index (κ2) is 8.68. The second-order valence-electron chi connectivity index (χ2n) is 7.73. The Morgan fingerprint density at radius 1 is 0.931 bits per heavy atom. The minimum atomic E-state index is 0.0522. The van der Waals surface area contributed by atoms with Crippen molar-refractivity contribution in [2.45, 2.75) is 26.2 Å². The molecule has 7 nitrogen and oxygen atoms in total. The summed E-state index contributed by atoms with van der Waals surface area (Å²) in [4.78, 5) is 28.8. The second-order valence-corrected chi connectivity index (χ2v) is 7.73. The molecular weight excluding hydrogens is 366 g/mol. The van der Waals surface area contributed by atoms with Crippen LogP contribution in [0.3, 0.4) is 0 Å². The fourth-order valence-electron chi connectivity index (χ4n) is 4.01. The minimum absolute atomic E-state index is 0.0522. The molecule has 0 atom stereocenters. The van der Waals surface area contributed by atoms with Crippen LogP contribution in [-0.4, -0.2) is 67.2 Å². The number of hydrogen-bond acceptors (Lipinski definition) is 6. The van der Waals surface area contributed by atoms with Crippen LogP contribution < -0.4 is 14.5 Å². The number of carbonyl (C=O) groups is 1. The van der Waals surface area contributed by atoms with Crippen molar-refractivity contribution < 1.29 is 9.53 Å². The van der Waals surface area contributed by atoms with E-state index >= 15 is 0 Å². The third-order valence-corrected chi connectivity index (χ3v) is 5.68. The molecule has 4 rings (SSSR count). The maximum absolute atomic E-state index is 12.8. The number of piperazine rings is 1. The van der Waals surface area contributed by atoms with E-state index in [1.807, 2.05) is 36.1 Å². The number of methoxy groups -OCH3 is 1. The molecule has 1 aromatic heterocycles. The Morgan fingerprint density at radius 3 is 2.41 bits per heavy atom. The molecule has 0 bridgehead atoms. The van der Waals surface area contributed by atoms with Gasteiger partial charge in [0.15, 0.2) is 0 Å². The quantitative estimate of drug-likeness (QED) is 0.793. The van der Waals surface area contributed by atoms with E-state index in [1.165, 1.54) is 19.3 Å². The molecule has 2 aliphatic rings. The fourth-order valence-corrected chi connectivity index (χ4v) is 4.01. The van der Waals surface area contributed by atoms with Crippen LogP contribution in [0.5, 0.6) is 5.75 Å². The van der Waals surface area contributed by atoms with Gasteiger partial charge in [-0.05, 0) is 44.4 Å². The number of carbonyl (C=O) groups excluding carboxylic acids is 1. The van der Waals surface area contributed by atoms with Gasteiger partial charge < -0.3 is 19.4 Å². The number of anilines is 2. The Bertz CT molecular complexity index is 858. The summed E-state index contributed by atoms with van der Waals surface area (Å²) in [6.07, 6.45) is 3.70. The Hall–Kier alpha value is -2.83. The van der Waals surface area contributed by atoms with Crippen LogP contribution in [0.4, 0.5) is 11.8 Å². The molecule has 0 unspecified atom stereocenters. The third kappa shape index (κ3) is 4.44. The zero-order chi connectivity index (χ0) is 20.2. The number of ether oxygens (including phenoxy) is 1. The Kier molecular flexibility index (Phi) is 5.83. The van der Waals surface area contributed by atoms with Crippen LogP contribution in [0.1, 0.15) is 35.3 Å². The number of aryl methyl sites for hydroxylation is 1. The first-order chi connectivity index (χ1) is 14.1. The number of nitrogens with zero attached hydrogens (tertiary/aromatic N) is 5. The van der Waals surface area contributed by atoms with Crippen molar-refractivity contribution >= 4 is 17.7 Å². The van der Waals surface area contributed by atoms with Gasteiger partial charge in [-0.1, -0.05) is 6.07 Å². The largest absolute Gasteiger partial charge is 0.497 e. The number of rotatable bonds is 4. The van der Waals surface area contributed by atoms with Crippen molar-refractivity contribution in [3.8, 4) is 5.75 Å². The van der Waals surface area contributed by atoms with Crippen molar-refractivity contribution in [2.24, 2.45) is 0 Å². The first-order valence-corrected chi connectivity index (χ1v) is 10.4. The predicted molar refractivity (Wildman–Crippen MR) is 114 cm³/mol. The van der Waals surface area contributed by atoms with Gasteiger partial charge in [-0.2, -0.15) is 4.98 Å². The summed E-state index contributed by atoms with van der Waals surface area (Å²) in [6.45, 7) is 6.99. The highest BCUT2D eigenvalue weighted by Crippen LogP contribution is 2.22. The molecule has 7 heteroatoms. The Morgan fingerprint density at radius 2 is 1.69 bits per heavy atom. The van der Waals surface area contributed by atoms with Crippen molar-refractivity contribution in [2.75, 3.05) is 56.2 Å². The molecular formula is C22H29N5O2. The van der Waals surface area contributed by atoms with Gasteiger partial charge in [0.1, 0.15) is 11.6 Å². The van der Waals surface area contributed by atoms with Gasteiger partial charge >= 0.3 is 0 Å². The summed E-state index contributed by atoms with van der Waals surface area (Å²) in [6, 6.07) is 9.40. The minimum Gasteiger partial charge on any atom is -0.497 e. The zero-order valence-electron chi connectivity index (χ0n) is 17.3. The summed E-state index contributed by atoms with van der Waals surface area (Å²) >= 11 is 0. The number of amides is 1. The van der Waals surface area contributed by atoms with E-state index in [9.17, 15) is 4.79 Å². The van der Waals surface area contributed by atoms with E-state index in [4.69, 9.17) is 9.72 Å². The van der Waals surface area contributed by atoms with Crippen molar-refractivity contribution in [1.29, 1.82) is 0 Å². The lowest BCUT2D eigenvalue weighted by molar-refractivity contribution is 0.0746. The van der Waals surface area contributed by atoms with Crippen LogP contribution in [0.25, 0.3) is 0 Å². The maximum Gasteiger partial charge on any atom is 0.254 e. The summed E-state index contributed by atoms with van der Waals surface area (Å²) in [5, 5.41) is 0. The first kappa shape index (κ1) is 19.5. The molecule has 2 saturated heterocycles. The molecule has 2 fully saturated rings. The van der Waals surface area contributed by atoms with Gasteiger partial charge in [0.25, 0.3) is 5.91 Å². The van der Waals surface area contributed by atoms with Gasteiger partial charge in [-0.15, -0.1) is 0 Å². The van der Waals surface area contributed by atoms with Crippen molar-refractivity contribution in [3.05, 3.63) is 41.6 Å². The average Bonchev–Trinajstić information content (AvgIpc) is 2.79. The summed E-state index contributed by atoms with van der Waals surface area (Å²) in [5.41, 5.74) is 1.66. The highest BCUT2D eigenvalue weighted by Gasteiger charge is 2.24. The summed E-state index contributed by atoms with van der Waals surface area (Å²) in [7, 11) is 1.62. The monoisotopic (exact) mass is 395 g/mol. The molecule has 29 heavy (non-hydrogen) atoms. The molecule has 0 radical (unpaired) electrons. The van der Waals surface area contributed by atoms with Crippen molar-refractivity contribution in [3.63, 3.8) is 0 Å². The van der Waals surface area contributed by atoms with E-state index in [-0.39, 0.29) is 5.91 Å². The zero-order valence-corrected chi connectivity index (χ0v) is 17.3. The molecule has 2 aromatic rings. The topological polar surface area (TPSA) is 61.8 Å². The van der Waals surface area contributed by atoms with Crippen LogP contribution in [-0.2, 0) is 0 Å². The lowest BCUT2D eigenvalue weighted by Gasteiger charge is -2.36. The molecule has 1 aromatic carbocycles. The summed E-state index contributed by atoms with van der Waals surface area (Å²) in [5.74, 6) is 2.56. The van der Waals surface area contributed by atoms with Crippen LogP contribution in [0.15, 0.2) is 30.3 Å². The van der Waals surface area contributed by atoms with E-state index in [2.05, 4.69) is 14.8 Å². The lowest BCUT2D eigenvalue weighted by atomic mass is 10.1. The molecule has 0 N–H and O–H groups in total. The van der Waals surface area contributed by atoms with E-state index < -0.39 is 0 Å². The van der Waals surface area contributed by atoms with E-state index in [1.54, 1.807) is 13.2 Å². The Labute approximate surface area is 172 Å². The average molecular weight is 396 g/mol. The molecule has 1 amide bonds. The standard InChI is InChI=1S/C22H29N5O2/c1-17-15-20(24-22(23-17)27-9-4-3-5-10-27)25-11-13-26(14-12-25)21(28)18-7-6-8-19(16-18)29-2/h6-8,15-16H,3-5,9-14H2,1-2H3. The summed E-state index contributed by atoms with van der Waals surface area (Å²) < 4.78 is 5.24. The molecule has 2 aliphatic heterocycles. The van der Waals surface area contributed by atoms with Gasteiger partial charge in [0.05, 0.1) is 7.11 Å². The SMILES string of the molecule is COc1cccc(C(=O)N2CCN(c3cc(C)nc(N4CCCCC4)n3)CC2)c1. The van der Waals surface area contributed by atoms with Gasteiger partial charge in [-0.3, -0.25) is 4.79 Å². The third-order valence-electron chi connectivity index (χ3n) is 5.68. The molecule has 0 aliphatic carbocycles. The van der Waals surface area contributed by atoms with Gasteiger partial charge in [0.2, 0.25) is 5.95 Å². The predicted octanol–water partition coefficient (Wildman–Crippen LogP) is 2.75. The van der Waals surface area contributed by atoms with Gasteiger partial charge in [-0.25, -0.2) is 4.98 Å². The van der Waals surface area contributed by atoms with E-state index in [0.717, 1.165) is 43.6 Å². The highest BCUT2D eigenvalue weighted by molar-refractivity contribution is 5.94. The number of benzene rings is 1. The van der Waals surface area contributed by atoms with Crippen LogP contribution in [0, 0.1) is 6.92 Å². The number of aromatic nitrogens is 2. The highest BCUT2D eigenvalue weighted by atomic mass is 16.5. The maximum atomic E-state index is 12.8. The van der Waals surface area contributed by atoms with Crippen LogP contribution >= 0.6 is 0 Å². The lowest BCUT2D eigenvalue weighted by Crippen LogP contribution is -2.49. The smallest absolute Gasteiger partial charge is 0.254 e. The number of piperidine rings is 1. The molecule has 154 valence electrons.